The minimum atomic E-state index is -0.226. The quantitative estimate of drug-likeness (QED) is 0.369. The fraction of sp³-hybridized carbons (Fsp3) is 0.440. The summed E-state index contributed by atoms with van der Waals surface area (Å²) in [6.07, 6.45) is 2.63. The van der Waals surface area contributed by atoms with Crippen molar-refractivity contribution in [2.75, 3.05) is 26.2 Å². The van der Waals surface area contributed by atoms with Crippen molar-refractivity contribution in [3.8, 4) is 28.9 Å². The fourth-order valence-electron chi connectivity index (χ4n) is 4.30. The lowest BCUT2D eigenvalue weighted by atomic mass is 9.98. The van der Waals surface area contributed by atoms with Crippen LogP contribution >= 0.6 is 0 Å². The van der Waals surface area contributed by atoms with Gasteiger partial charge in [0.05, 0.1) is 12.1 Å². The van der Waals surface area contributed by atoms with Gasteiger partial charge in [0.25, 0.3) is 0 Å². The van der Waals surface area contributed by atoms with Crippen LogP contribution in [-0.2, 0) is 13.1 Å². The van der Waals surface area contributed by atoms with Crippen LogP contribution in [0.2, 0.25) is 0 Å². The minimum Gasteiger partial charge on any atom is -0.508 e. The summed E-state index contributed by atoms with van der Waals surface area (Å²) in [5.74, 6) is 0.331. The molecular formula is C25H33N5O3. The Hall–Kier alpha value is -3.10. The predicted octanol–water partition coefficient (Wildman–Crippen LogP) is 3.42. The second-order valence-corrected chi connectivity index (χ2v) is 9.03. The number of benzene rings is 2. The number of aromatic nitrogens is 3. The minimum absolute atomic E-state index is 0.0335. The fourth-order valence-corrected chi connectivity index (χ4v) is 4.30. The Balaban J connectivity index is 1.44. The molecule has 0 bridgehead atoms. The third-order valence-corrected chi connectivity index (χ3v) is 6.24. The molecule has 0 aliphatic carbocycles. The van der Waals surface area contributed by atoms with E-state index in [1.807, 2.05) is 26.0 Å². The summed E-state index contributed by atoms with van der Waals surface area (Å²) in [7, 11) is 0. The summed E-state index contributed by atoms with van der Waals surface area (Å²) in [5.41, 5.74) is 3.29. The van der Waals surface area contributed by atoms with Gasteiger partial charge >= 0.3 is 6.01 Å². The second-order valence-electron chi connectivity index (χ2n) is 9.03. The Morgan fingerprint density at radius 1 is 0.939 bits per heavy atom. The number of aromatic hydroxyl groups is 3. The van der Waals surface area contributed by atoms with Gasteiger partial charge in [-0.25, -0.2) is 0 Å². The molecule has 1 aliphatic rings. The zero-order valence-electron chi connectivity index (χ0n) is 19.3. The maximum atomic E-state index is 10.4. The normalized spacial score (nSPS) is 14.4. The largest absolute Gasteiger partial charge is 0.508 e. The third kappa shape index (κ3) is 5.46. The number of rotatable bonds is 9. The predicted molar refractivity (Wildman–Crippen MR) is 127 cm³/mol. The molecule has 0 unspecified atom stereocenters. The number of phenolic OH excluding ortho intramolecular Hbond substituents is 2. The van der Waals surface area contributed by atoms with Gasteiger partial charge in [0.2, 0.25) is 0 Å². The van der Waals surface area contributed by atoms with E-state index in [4.69, 9.17) is 0 Å². The van der Waals surface area contributed by atoms with Crippen LogP contribution in [0.3, 0.4) is 0 Å². The van der Waals surface area contributed by atoms with Crippen molar-refractivity contribution >= 4 is 0 Å². The summed E-state index contributed by atoms with van der Waals surface area (Å²) in [5, 5.41) is 42.3. The molecule has 0 atom stereocenters. The van der Waals surface area contributed by atoms with Crippen LogP contribution in [0.25, 0.3) is 11.4 Å². The van der Waals surface area contributed by atoms with Crippen molar-refractivity contribution in [1.82, 2.24) is 25.0 Å². The van der Waals surface area contributed by atoms with Gasteiger partial charge in [-0.15, -0.1) is 5.10 Å². The molecule has 1 aromatic heterocycles. The van der Waals surface area contributed by atoms with Gasteiger partial charge in [0.1, 0.15) is 11.5 Å². The summed E-state index contributed by atoms with van der Waals surface area (Å²) < 4.78 is 1.56. The van der Waals surface area contributed by atoms with E-state index in [9.17, 15) is 15.3 Å². The number of likely N-dealkylation sites (tertiary alicyclic amines) is 1. The maximum Gasteiger partial charge on any atom is 0.315 e. The van der Waals surface area contributed by atoms with Gasteiger partial charge in [-0.05, 0) is 54.6 Å². The molecule has 1 fully saturated rings. The molecule has 2 heterocycles. The number of phenols is 2. The molecular weight excluding hydrogens is 418 g/mol. The van der Waals surface area contributed by atoms with Crippen molar-refractivity contribution in [2.24, 2.45) is 0 Å². The Bertz CT molecular complexity index is 1070. The van der Waals surface area contributed by atoms with Crippen molar-refractivity contribution < 1.29 is 15.3 Å². The lowest BCUT2D eigenvalue weighted by Gasteiger charge is -2.15. The first kappa shape index (κ1) is 23.1. The number of nitrogens with zero attached hydrogens (tertiary/aromatic N) is 4. The number of hydrogen-bond acceptors (Lipinski definition) is 7. The Labute approximate surface area is 194 Å². The standard InChI is InChI=1S/C25H33N5O3/c1-17(2)20-13-21(23(32)14-22(20)31)24-27-28-25(33)30(24)16-19-7-5-18(6-8-19)15-26-9-12-29-10-3-4-11-29/h5-8,13-14,17,26,31-32H,3-4,9-12,15-16H2,1-2H3,(H,28,33). The molecule has 8 heteroatoms. The second kappa shape index (κ2) is 10.2. The van der Waals surface area contributed by atoms with Crippen LogP contribution in [-0.4, -0.2) is 61.2 Å². The van der Waals surface area contributed by atoms with E-state index in [1.54, 1.807) is 10.6 Å². The van der Waals surface area contributed by atoms with Crippen LogP contribution in [0.4, 0.5) is 0 Å². The monoisotopic (exact) mass is 451 g/mol. The smallest absolute Gasteiger partial charge is 0.315 e. The molecule has 2 aromatic carbocycles. The van der Waals surface area contributed by atoms with Gasteiger partial charge in [-0.2, -0.15) is 0 Å². The number of hydrogen-bond donors (Lipinski definition) is 4. The van der Waals surface area contributed by atoms with Gasteiger partial charge in [0, 0.05) is 25.7 Å². The van der Waals surface area contributed by atoms with E-state index in [-0.39, 0.29) is 23.4 Å². The highest BCUT2D eigenvalue weighted by molar-refractivity contribution is 5.68. The summed E-state index contributed by atoms with van der Waals surface area (Å²) in [4.78, 5) is 2.50. The Morgan fingerprint density at radius 2 is 1.64 bits per heavy atom. The first-order chi connectivity index (χ1) is 15.9. The van der Waals surface area contributed by atoms with E-state index in [1.165, 1.54) is 37.6 Å². The van der Waals surface area contributed by atoms with E-state index in [0.717, 1.165) is 25.2 Å². The van der Waals surface area contributed by atoms with Gasteiger partial charge in [-0.1, -0.05) is 43.2 Å². The van der Waals surface area contributed by atoms with E-state index >= 15 is 0 Å². The van der Waals surface area contributed by atoms with E-state index in [0.29, 0.717) is 23.5 Å². The van der Waals surface area contributed by atoms with Crippen molar-refractivity contribution in [2.45, 2.75) is 45.7 Å². The molecule has 1 aliphatic heterocycles. The summed E-state index contributed by atoms with van der Waals surface area (Å²) >= 11 is 0. The average molecular weight is 452 g/mol. The third-order valence-electron chi connectivity index (χ3n) is 6.24. The zero-order chi connectivity index (χ0) is 23.4. The SMILES string of the molecule is CC(C)c1cc(-c2nnc(O)n2Cc2ccc(CNCCN3CCCC3)cc2)c(O)cc1O. The zero-order valence-corrected chi connectivity index (χ0v) is 19.3. The van der Waals surface area contributed by atoms with Crippen LogP contribution in [0, 0.1) is 0 Å². The topological polar surface area (TPSA) is 107 Å². The van der Waals surface area contributed by atoms with Crippen molar-refractivity contribution in [1.29, 1.82) is 0 Å². The highest BCUT2D eigenvalue weighted by atomic mass is 16.3. The molecule has 0 radical (unpaired) electrons. The molecule has 4 rings (SSSR count). The summed E-state index contributed by atoms with van der Waals surface area (Å²) in [6.45, 7) is 9.60. The van der Waals surface area contributed by atoms with Gasteiger partial charge in [0.15, 0.2) is 5.82 Å². The van der Waals surface area contributed by atoms with Crippen LogP contribution < -0.4 is 5.32 Å². The lowest BCUT2D eigenvalue weighted by Crippen LogP contribution is -2.29. The molecule has 0 spiro atoms. The van der Waals surface area contributed by atoms with E-state index < -0.39 is 0 Å². The Kier molecular flexibility index (Phi) is 7.15. The molecule has 176 valence electrons. The lowest BCUT2D eigenvalue weighted by molar-refractivity contribution is 0.335. The highest BCUT2D eigenvalue weighted by Gasteiger charge is 2.20. The molecule has 33 heavy (non-hydrogen) atoms. The molecule has 1 saturated heterocycles. The molecule has 0 saturated carbocycles. The maximum absolute atomic E-state index is 10.4. The average Bonchev–Trinajstić information content (AvgIpc) is 3.43. The molecule has 8 nitrogen and oxygen atoms in total. The van der Waals surface area contributed by atoms with Crippen LogP contribution in [0.5, 0.6) is 17.5 Å². The van der Waals surface area contributed by atoms with Crippen LogP contribution in [0.1, 0.15) is 49.3 Å². The molecule has 4 N–H and O–H groups in total. The van der Waals surface area contributed by atoms with Crippen LogP contribution in [0.15, 0.2) is 36.4 Å². The highest BCUT2D eigenvalue weighted by Crippen LogP contribution is 2.38. The van der Waals surface area contributed by atoms with Gasteiger partial charge < -0.3 is 25.5 Å². The van der Waals surface area contributed by atoms with Crippen molar-refractivity contribution in [3.63, 3.8) is 0 Å². The Morgan fingerprint density at radius 3 is 2.33 bits per heavy atom. The number of nitrogens with one attached hydrogen (secondary N) is 1. The molecule has 3 aromatic rings. The van der Waals surface area contributed by atoms with E-state index in [2.05, 4.69) is 32.5 Å². The summed E-state index contributed by atoms with van der Waals surface area (Å²) in [6, 6.07) is 11.0. The molecule has 0 amide bonds. The first-order valence-electron chi connectivity index (χ1n) is 11.6. The first-order valence-corrected chi connectivity index (χ1v) is 11.6. The van der Waals surface area contributed by atoms with Crippen molar-refractivity contribution in [3.05, 3.63) is 53.1 Å². The van der Waals surface area contributed by atoms with Gasteiger partial charge in [-0.3, -0.25) is 4.57 Å².